The third-order valence-electron chi connectivity index (χ3n) is 6.92. The van der Waals surface area contributed by atoms with Crippen LogP contribution < -0.4 is 5.32 Å². The van der Waals surface area contributed by atoms with Crippen LogP contribution in [0.4, 0.5) is 4.79 Å². The summed E-state index contributed by atoms with van der Waals surface area (Å²) >= 11 is 0. The lowest BCUT2D eigenvalue weighted by Crippen LogP contribution is -2.48. The molecule has 0 bridgehead atoms. The lowest BCUT2D eigenvalue weighted by atomic mass is 10.0. The van der Waals surface area contributed by atoms with E-state index in [0.29, 0.717) is 24.9 Å². The number of unbranched alkanes of at least 4 members (excludes halogenated alkanes) is 6. The Labute approximate surface area is 220 Å². The van der Waals surface area contributed by atoms with Crippen LogP contribution in [0.1, 0.15) is 97.5 Å². The highest BCUT2D eigenvalue weighted by atomic mass is 16.6. The van der Waals surface area contributed by atoms with Crippen molar-refractivity contribution in [3.63, 3.8) is 0 Å². The second kappa shape index (κ2) is 16.6. The Balaban J connectivity index is 1.54. The summed E-state index contributed by atoms with van der Waals surface area (Å²) in [5.41, 5.74) is 0.959. The molecule has 0 unspecified atom stereocenters. The third-order valence-corrected chi connectivity index (χ3v) is 6.92. The first-order valence-corrected chi connectivity index (χ1v) is 14.3. The molecule has 1 aliphatic heterocycles. The Kier molecular flexibility index (Phi) is 13.9. The van der Waals surface area contributed by atoms with Crippen molar-refractivity contribution in [2.24, 2.45) is 0 Å². The fourth-order valence-electron chi connectivity index (χ4n) is 4.90. The molecule has 0 aliphatic carbocycles. The number of carbonyl (C=O) groups is 2. The number of hydrogen-bond donors (Lipinski definition) is 1. The molecule has 204 valence electrons. The molecule has 1 fully saturated rings. The fraction of sp³-hybridized carbons (Fsp3) is 0.733. The van der Waals surface area contributed by atoms with E-state index in [9.17, 15) is 9.59 Å². The topological polar surface area (TPSA) is 61.9 Å². The van der Waals surface area contributed by atoms with Gasteiger partial charge < -0.3 is 19.9 Å². The average molecular weight is 502 g/mol. The molecule has 6 nitrogen and oxygen atoms in total. The normalized spacial score (nSPS) is 15.0. The molecule has 0 saturated carbocycles. The van der Waals surface area contributed by atoms with E-state index in [1.165, 1.54) is 31.2 Å². The number of benzene rings is 1. The standard InChI is InChI=1S/C30H51N3O3/c1-5-28(34)33(27-19-24-32(25-20-27)23-18-26-16-12-11-13-17-26)22-15-10-8-6-7-9-14-21-31-29(35)36-30(2,3)4/h11-13,16-17,27H,5-10,14-15,18-25H2,1-4H3,(H,31,35). The zero-order valence-corrected chi connectivity index (χ0v) is 23.4. The molecule has 2 rings (SSSR count). The van der Waals surface area contributed by atoms with Gasteiger partial charge in [-0.05, 0) is 58.4 Å². The quantitative estimate of drug-likeness (QED) is 0.291. The van der Waals surface area contributed by atoms with Crippen LogP contribution in [0.25, 0.3) is 0 Å². The summed E-state index contributed by atoms with van der Waals surface area (Å²) in [7, 11) is 0. The van der Waals surface area contributed by atoms with Crippen molar-refractivity contribution >= 4 is 12.0 Å². The molecule has 1 aromatic rings. The van der Waals surface area contributed by atoms with Crippen LogP contribution >= 0.6 is 0 Å². The van der Waals surface area contributed by atoms with Gasteiger partial charge in [-0.3, -0.25) is 4.79 Å². The number of nitrogens with one attached hydrogen (secondary N) is 1. The van der Waals surface area contributed by atoms with Gasteiger partial charge in [0.15, 0.2) is 0 Å². The molecule has 36 heavy (non-hydrogen) atoms. The maximum absolute atomic E-state index is 12.7. The summed E-state index contributed by atoms with van der Waals surface area (Å²) < 4.78 is 5.25. The summed E-state index contributed by atoms with van der Waals surface area (Å²) in [5.74, 6) is 0.315. The van der Waals surface area contributed by atoms with Crippen molar-refractivity contribution in [2.45, 2.75) is 110 Å². The van der Waals surface area contributed by atoms with E-state index in [4.69, 9.17) is 4.74 Å². The maximum atomic E-state index is 12.7. The molecule has 0 spiro atoms. The van der Waals surface area contributed by atoms with E-state index in [2.05, 4.69) is 45.4 Å². The number of carbonyl (C=O) groups excluding carboxylic acids is 2. The number of amides is 2. The van der Waals surface area contributed by atoms with Crippen LogP contribution in [-0.2, 0) is 16.0 Å². The maximum Gasteiger partial charge on any atom is 0.407 e. The van der Waals surface area contributed by atoms with Crippen LogP contribution in [0, 0.1) is 0 Å². The molecule has 1 N–H and O–H groups in total. The van der Waals surface area contributed by atoms with Gasteiger partial charge in [0.1, 0.15) is 5.60 Å². The van der Waals surface area contributed by atoms with Crippen molar-refractivity contribution in [3.05, 3.63) is 35.9 Å². The minimum atomic E-state index is -0.443. The molecule has 0 aromatic heterocycles. The molecule has 1 saturated heterocycles. The summed E-state index contributed by atoms with van der Waals surface area (Å²) in [6.45, 7) is 12.5. The number of piperidine rings is 1. The highest BCUT2D eigenvalue weighted by Gasteiger charge is 2.26. The Morgan fingerprint density at radius 3 is 2.19 bits per heavy atom. The molecule has 0 atom stereocenters. The Morgan fingerprint density at radius 1 is 0.972 bits per heavy atom. The number of nitrogens with zero attached hydrogens (tertiary/aromatic N) is 2. The Morgan fingerprint density at radius 2 is 1.58 bits per heavy atom. The van der Waals surface area contributed by atoms with E-state index < -0.39 is 5.60 Å². The number of likely N-dealkylation sites (tertiary alicyclic amines) is 1. The largest absolute Gasteiger partial charge is 0.444 e. The molecule has 1 aromatic carbocycles. The first-order valence-electron chi connectivity index (χ1n) is 14.3. The molecule has 0 radical (unpaired) electrons. The van der Waals surface area contributed by atoms with E-state index in [0.717, 1.165) is 64.7 Å². The van der Waals surface area contributed by atoms with Gasteiger partial charge >= 0.3 is 6.09 Å². The van der Waals surface area contributed by atoms with Gasteiger partial charge in [0.2, 0.25) is 5.91 Å². The van der Waals surface area contributed by atoms with Gasteiger partial charge in [0.05, 0.1) is 0 Å². The third kappa shape index (κ3) is 12.8. The minimum Gasteiger partial charge on any atom is -0.444 e. The smallest absolute Gasteiger partial charge is 0.407 e. The number of ether oxygens (including phenoxy) is 1. The molecule has 6 heteroatoms. The van der Waals surface area contributed by atoms with Gasteiger partial charge in [0, 0.05) is 45.2 Å². The first kappa shape index (κ1) is 30.1. The molecule has 1 heterocycles. The lowest BCUT2D eigenvalue weighted by Gasteiger charge is -2.38. The van der Waals surface area contributed by atoms with Crippen LogP contribution in [0.5, 0.6) is 0 Å². The SMILES string of the molecule is CCC(=O)N(CCCCCCCCCNC(=O)OC(C)(C)C)C1CCN(CCc2ccccc2)CC1. The zero-order valence-electron chi connectivity index (χ0n) is 23.4. The van der Waals surface area contributed by atoms with Gasteiger partial charge in [-0.1, -0.05) is 69.4 Å². The molecule has 1 aliphatic rings. The highest BCUT2D eigenvalue weighted by Crippen LogP contribution is 2.19. The monoisotopic (exact) mass is 501 g/mol. The van der Waals surface area contributed by atoms with Crippen LogP contribution in [0.3, 0.4) is 0 Å². The van der Waals surface area contributed by atoms with E-state index in [1.54, 1.807) is 0 Å². The van der Waals surface area contributed by atoms with Gasteiger partial charge in [0.25, 0.3) is 0 Å². The van der Waals surface area contributed by atoms with E-state index in [-0.39, 0.29) is 6.09 Å². The van der Waals surface area contributed by atoms with Crippen LogP contribution in [0.2, 0.25) is 0 Å². The van der Waals surface area contributed by atoms with Crippen molar-refractivity contribution < 1.29 is 14.3 Å². The second-order valence-corrected chi connectivity index (χ2v) is 11.2. The summed E-state index contributed by atoms with van der Waals surface area (Å²) in [5, 5.41) is 2.83. The zero-order chi connectivity index (χ0) is 26.2. The van der Waals surface area contributed by atoms with E-state index >= 15 is 0 Å². The van der Waals surface area contributed by atoms with Crippen molar-refractivity contribution in [1.82, 2.24) is 15.1 Å². The number of alkyl carbamates (subject to hydrolysis) is 1. The first-order chi connectivity index (χ1) is 17.3. The second-order valence-electron chi connectivity index (χ2n) is 11.2. The Bertz CT molecular complexity index is 740. The fourth-order valence-corrected chi connectivity index (χ4v) is 4.90. The van der Waals surface area contributed by atoms with Gasteiger partial charge in [-0.2, -0.15) is 0 Å². The lowest BCUT2D eigenvalue weighted by molar-refractivity contribution is -0.134. The predicted octanol–water partition coefficient (Wildman–Crippen LogP) is 6.19. The predicted molar refractivity (Wildman–Crippen MR) is 148 cm³/mol. The highest BCUT2D eigenvalue weighted by molar-refractivity contribution is 5.76. The van der Waals surface area contributed by atoms with Crippen LogP contribution in [0.15, 0.2) is 30.3 Å². The van der Waals surface area contributed by atoms with E-state index in [1.807, 2.05) is 27.7 Å². The minimum absolute atomic E-state index is 0.315. The molecular weight excluding hydrogens is 450 g/mol. The van der Waals surface area contributed by atoms with Crippen LogP contribution in [-0.4, -0.2) is 66.2 Å². The van der Waals surface area contributed by atoms with Gasteiger partial charge in [-0.25, -0.2) is 4.79 Å². The average Bonchev–Trinajstić information content (AvgIpc) is 2.85. The van der Waals surface area contributed by atoms with Crippen molar-refractivity contribution in [3.8, 4) is 0 Å². The summed E-state index contributed by atoms with van der Waals surface area (Å²) in [6.07, 6.45) is 11.6. The van der Waals surface area contributed by atoms with Crippen molar-refractivity contribution in [1.29, 1.82) is 0 Å². The summed E-state index contributed by atoms with van der Waals surface area (Å²) in [6, 6.07) is 11.1. The number of hydrogen-bond acceptors (Lipinski definition) is 4. The molecule has 2 amide bonds. The molecular formula is C30H51N3O3. The number of rotatable bonds is 15. The van der Waals surface area contributed by atoms with Gasteiger partial charge in [-0.15, -0.1) is 0 Å². The Hall–Kier alpha value is -2.08. The van der Waals surface area contributed by atoms with Crippen molar-refractivity contribution in [2.75, 3.05) is 32.7 Å². The summed E-state index contributed by atoms with van der Waals surface area (Å²) in [4.78, 5) is 29.1.